The van der Waals surface area contributed by atoms with Crippen molar-refractivity contribution in [2.24, 2.45) is 5.92 Å². The van der Waals surface area contributed by atoms with Crippen molar-refractivity contribution in [1.82, 2.24) is 14.7 Å². The molecule has 2 fully saturated rings. The van der Waals surface area contributed by atoms with Gasteiger partial charge in [0.15, 0.2) is 6.23 Å². The Morgan fingerprint density at radius 2 is 1.87 bits per heavy atom. The topological polar surface area (TPSA) is 56.6 Å². The predicted molar refractivity (Wildman–Crippen MR) is 121 cm³/mol. The molecule has 0 spiro atoms. The summed E-state index contributed by atoms with van der Waals surface area (Å²) in [6, 6.07) is 10.7. The number of carbonyl (C=O) groups is 1. The molecule has 3 heterocycles. The highest BCUT2D eigenvalue weighted by Gasteiger charge is 2.34. The minimum atomic E-state index is -0.494. The van der Waals surface area contributed by atoms with Crippen LogP contribution in [0.3, 0.4) is 0 Å². The Balaban J connectivity index is 1.54. The zero-order chi connectivity index (χ0) is 22.0. The van der Waals surface area contributed by atoms with Gasteiger partial charge in [-0.3, -0.25) is 0 Å². The molecule has 1 aromatic carbocycles. The molecule has 2 aromatic rings. The second kappa shape index (κ2) is 9.03. The maximum atomic E-state index is 12.9. The molecule has 3 atom stereocenters. The molecule has 4 rings (SSSR count). The maximum absolute atomic E-state index is 12.9. The Labute approximate surface area is 185 Å². The summed E-state index contributed by atoms with van der Waals surface area (Å²) in [5, 5.41) is 4.53. The van der Waals surface area contributed by atoms with E-state index in [1.54, 1.807) is 0 Å². The standard InChI is InChI=1S/C25H35N3O3/c1-18-8-13-21(27(17-18)24(29)31-25(2,3)4)19-9-11-20(12-10-19)22-14-15-26-28(22)23-7-5-6-16-30-23/h9-12,14-15,18,21,23H,5-8,13,16-17H2,1-4H3/t18-,21+,23?/m1/s1. The average molecular weight is 426 g/mol. The van der Waals surface area contributed by atoms with E-state index >= 15 is 0 Å². The van der Waals surface area contributed by atoms with E-state index in [2.05, 4.69) is 36.3 Å². The molecule has 0 aliphatic carbocycles. The third-order valence-corrected chi connectivity index (χ3v) is 6.14. The smallest absolute Gasteiger partial charge is 0.410 e. The number of likely N-dealkylation sites (tertiary alicyclic amines) is 1. The lowest BCUT2D eigenvalue weighted by Crippen LogP contribution is -2.44. The fourth-order valence-corrected chi connectivity index (χ4v) is 4.59. The molecule has 6 heteroatoms. The maximum Gasteiger partial charge on any atom is 0.410 e. The molecular formula is C25H35N3O3. The van der Waals surface area contributed by atoms with Crippen LogP contribution in [-0.2, 0) is 9.47 Å². The van der Waals surface area contributed by atoms with Gasteiger partial charge in [0.05, 0.1) is 11.7 Å². The van der Waals surface area contributed by atoms with Crippen LogP contribution in [-0.4, -0.2) is 39.5 Å². The summed E-state index contributed by atoms with van der Waals surface area (Å²) in [6.07, 6.45) is 6.98. The molecule has 2 aliphatic rings. The van der Waals surface area contributed by atoms with Crippen LogP contribution in [0.2, 0.25) is 0 Å². The molecule has 31 heavy (non-hydrogen) atoms. The average Bonchev–Trinajstić information content (AvgIpc) is 3.23. The van der Waals surface area contributed by atoms with E-state index in [9.17, 15) is 4.79 Å². The molecule has 1 unspecified atom stereocenters. The van der Waals surface area contributed by atoms with Gasteiger partial charge in [0.25, 0.3) is 0 Å². The molecule has 0 saturated carbocycles. The zero-order valence-corrected chi connectivity index (χ0v) is 19.2. The van der Waals surface area contributed by atoms with Crippen LogP contribution >= 0.6 is 0 Å². The highest BCUT2D eigenvalue weighted by Crippen LogP contribution is 2.36. The fraction of sp³-hybridized carbons (Fsp3) is 0.600. The van der Waals surface area contributed by atoms with Gasteiger partial charge in [0.1, 0.15) is 5.60 Å². The van der Waals surface area contributed by atoms with Crippen LogP contribution in [0.15, 0.2) is 36.5 Å². The van der Waals surface area contributed by atoms with Gasteiger partial charge in [0, 0.05) is 19.3 Å². The summed E-state index contributed by atoms with van der Waals surface area (Å²) in [6.45, 7) is 9.48. The molecule has 2 saturated heterocycles. The predicted octanol–water partition coefficient (Wildman–Crippen LogP) is 5.96. The molecule has 6 nitrogen and oxygen atoms in total. The molecule has 1 aromatic heterocycles. The highest BCUT2D eigenvalue weighted by molar-refractivity contribution is 5.69. The first-order valence-electron chi connectivity index (χ1n) is 11.6. The number of hydrogen-bond donors (Lipinski definition) is 0. The molecule has 2 aliphatic heterocycles. The Morgan fingerprint density at radius 1 is 1.10 bits per heavy atom. The first-order valence-corrected chi connectivity index (χ1v) is 11.6. The van der Waals surface area contributed by atoms with Gasteiger partial charge < -0.3 is 14.4 Å². The Hall–Kier alpha value is -2.34. The lowest BCUT2D eigenvalue weighted by molar-refractivity contribution is -0.0383. The summed E-state index contributed by atoms with van der Waals surface area (Å²) in [5.74, 6) is 0.480. The SMILES string of the molecule is C[C@@H]1CC[C@@H](c2ccc(-c3ccnn3C3CCCCO3)cc2)N(C(=O)OC(C)(C)C)C1. The third kappa shape index (κ3) is 5.12. The van der Waals surface area contributed by atoms with Gasteiger partial charge in [-0.1, -0.05) is 31.2 Å². The molecule has 0 N–H and O–H groups in total. The molecule has 0 bridgehead atoms. The van der Waals surface area contributed by atoms with Crippen LogP contribution in [0.5, 0.6) is 0 Å². The van der Waals surface area contributed by atoms with Crippen LogP contribution in [0.4, 0.5) is 4.79 Å². The summed E-state index contributed by atoms with van der Waals surface area (Å²) in [5.41, 5.74) is 2.84. The third-order valence-electron chi connectivity index (χ3n) is 6.14. The monoisotopic (exact) mass is 425 g/mol. The van der Waals surface area contributed by atoms with Crippen molar-refractivity contribution in [3.63, 3.8) is 0 Å². The van der Waals surface area contributed by atoms with Crippen molar-refractivity contribution in [3.8, 4) is 11.3 Å². The number of carbonyl (C=O) groups excluding carboxylic acids is 1. The number of aromatic nitrogens is 2. The van der Waals surface area contributed by atoms with E-state index in [0.29, 0.717) is 5.92 Å². The van der Waals surface area contributed by atoms with Crippen LogP contribution in [0, 0.1) is 5.92 Å². The highest BCUT2D eigenvalue weighted by atomic mass is 16.6. The van der Waals surface area contributed by atoms with Gasteiger partial charge in [-0.05, 0) is 76.0 Å². The summed E-state index contributed by atoms with van der Waals surface area (Å²) < 4.78 is 13.6. The van der Waals surface area contributed by atoms with Gasteiger partial charge in [-0.25, -0.2) is 9.48 Å². The zero-order valence-electron chi connectivity index (χ0n) is 19.2. The minimum Gasteiger partial charge on any atom is -0.444 e. The van der Waals surface area contributed by atoms with E-state index in [-0.39, 0.29) is 18.4 Å². The van der Waals surface area contributed by atoms with Gasteiger partial charge in [0.2, 0.25) is 0 Å². The normalized spacial score (nSPS) is 24.8. The van der Waals surface area contributed by atoms with Crippen molar-refractivity contribution >= 4 is 6.09 Å². The second-order valence-electron chi connectivity index (χ2n) is 9.94. The van der Waals surface area contributed by atoms with Gasteiger partial charge in [-0.15, -0.1) is 0 Å². The van der Waals surface area contributed by atoms with E-state index in [4.69, 9.17) is 9.47 Å². The van der Waals surface area contributed by atoms with E-state index < -0.39 is 5.60 Å². The molecule has 168 valence electrons. The Bertz CT molecular complexity index is 878. The summed E-state index contributed by atoms with van der Waals surface area (Å²) in [7, 11) is 0. The van der Waals surface area contributed by atoms with E-state index in [1.165, 1.54) is 6.42 Å². The number of ether oxygens (including phenoxy) is 2. The summed E-state index contributed by atoms with van der Waals surface area (Å²) >= 11 is 0. The molecule has 1 amide bonds. The van der Waals surface area contributed by atoms with E-state index in [0.717, 1.165) is 55.7 Å². The first-order chi connectivity index (χ1) is 14.8. The number of hydrogen-bond acceptors (Lipinski definition) is 4. The van der Waals surface area contributed by atoms with Crippen LogP contribution in [0.1, 0.15) is 77.6 Å². The van der Waals surface area contributed by atoms with Crippen LogP contribution in [0.25, 0.3) is 11.3 Å². The van der Waals surface area contributed by atoms with Crippen molar-refractivity contribution in [3.05, 3.63) is 42.1 Å². The lowest BCUT2D eigenvalue weighted by atomic mass is 9.90. The van der Waals surface area contributed by atoms with Crippen molar-refractivity contribution in [2.75, 3.05) is 13.2 Å². The first kappa shape index (κ1) is 21.9. The van der Waals surface area contributed by atoms with E-state index in [1.807, 2.05) is 42.6 Å². The molecular weight excluding hydrogens is 390 g/mol. The number of piperidine rings is 1. The van der Waals surface area contributed by atoms with Crippen molar-refractivity contribution < 1.29 is 14.3 Å². The Morgan fingerprint density at radius 3 is 2.55 bits per heavy atom. The van der Waals surface area contributed by atoms with Gasteiger partial charge >= 0.3 is 6.09 Å². The fourth-order valence-electron chi connectivity index (χ4n) is 4.59. The quantitative estimate of drug-likeness (QED) is 0.609. The number of nitrogens with zero attached hydrogens (tertiary/aromatic N) is 3. The largest absolute Gasteiger partial charge is 0.444 e. The minimum absolute atomic E-state index is 0.0147. The lowest BCUT2D eigenvalue weighted by Gasteiger charge is -2.39. The summed E-state index contributed by atoms with van der Waals surface area (Å²) in [4.78, 5) is 14.8. The number of amides is 1. The molecule has 0 radical (unpaired) electrons. The van der Waals surface area contributed by atoms with Crippen LogP contribution < -0.4 is 0 Å². The number of rotatable bonds is 3. The van der Waals surface area contributed by atoms with Gasteiger partial charge in [-0.2, -0.15) is 5.10 Å². The van der Waals surface area contributed by atoms with Crippen molar-refractivity contribution in [2.45, 2.75) is 77.7 Å². The van der Waals surface area contributed by atoms with Crippen molar-refractivity contribution in [1.29, 1.82) is 0 Å². The Kier molecular flexibility index (Phi) is 6.37. The number of benzene rings is 1. The second-order valence-corrected chi connectivity index (χ2v) is 9.94.